The van der Waals surface area contributed by atoms with Gasteiger partial charge in [0, 0.05) is 45.4 Å². The molecule has 0 spiro atoms. The van der Waals surface area contributed by atoms with E-state index in [9.17, 15) is 0 Å². The van der Waals surface area contributed by atoms with Gasteiger partial charge >= 0.3 is 0 Å². The second kappa shape index (κ2) is 15.6. The van der Waals surface area contributed by atoms with E-state index in [0.29, 0.717) is 0 Å². The lowest BCUT2D eigenvalue weighted by molar-refractivity contribution is 0.589. The predicted molar refractivity (Wildman–Crippen MR) is 294 cm³/mol. The molecule has 0 aliphatic carbocycles. The van der Waals surface area contributed by atoms with Crippen LogP contribution < -0.4 is 26.2 Å². The molecular formula is C63H69BN4. The van der Waals surface area contributed by atoms with Gasteiger partial charge in [0.25, 0.3) is 6.71 Å². The molecule has 5 heteroatoms. The summed E-state index contributed by atoms with van der Waals surface area (Å²) >= 11 is 0. The summed E-state index contributed by atoms with van der Waals surface area (Å²) in [7, 11) is 0. The molecule has 0 saturated heterocycles. The quantitative estimate of drug-likeness (QED) is 0.165. The number of nitrogens with zero attached hydrogens (tertiary/aromatic N) is 4. The minimum Gasteiger partial charge on any atom is -0.311 e. The van der Waals surface area contributed by atoms with Gasteiger partial charge in [-0.1, -0.05) is 183 Å². The number of rotatable bonds is 4. The van der Waals surface area contributed by atoms with E-state index in [0.717, 1.165) is 39.5 Å². The molecule has 8 aromatic rings. The van der Waals surface area contributed by atoms with E-state index in [1.165, 1.54) is 67.0 Å². The molecule has 7 aromatic carbocycles. The summed E-state index contributed by atoms with van der Waals surface area (Å²) in [6.45, 7) is 34.6. The van der Waals surface area contributed by atoms with Crippen LogP contribution in [0.1, 0.15) is 132 Å². The van der Waals surface area contributed by atoms with Crippen molar-refractivity contribution in [1.82, 2.24) is 9.55 Å². The van der Waals surface area contributed by atoms with Crippen molar-refractivity contribution in [3.05, 3.63) is 173 Å². The Hall–Kier alpha value is -6.33. The maximum Gasteiger partial charge on any atom is 0.252 e. The van der Waals surface area contributed by atoms with E-state index >= 15 is 0 Å². The van der Waals surface area contributed by atoms with Gasteiger partial charge in [-0.05, 0) is 138 Å². The first kappa shape index (κ1) is 45.5. The van der Waals surface area contributed by atoms with Crippen LogP contribution in [0.2, 0.25) is 0 Å². The Morgan fingerprint density at radius 2 is 0.809 bits per heavy atom. The van der Waals surface area contributed by atoms with Crippen molar-refractivity contribution in [3.8, 4) is 17.1 Å². The van der Waals surface area contributed by atoms with E-state index in [2.05, 4.69) is 264 Å². The van der Waals surface area contributed by atoms with Crippen molar-refractivity contribution >= 4 is 68.3 Å². The standard InChI is InChI=1S/C63H69BN4/c1-59(2,3)41-23-21-40(22-24-41)58-65-51-39-53-50(38-54(51)68(58)46-19-17-16-18-20-46)64-49-35-44(62(10,11)12)29-34-52(49)66(47-30-25-42(26-31-47)60(4,5)6)55-36-45(63(13,14)15)37-56(57(55)64)67(53)48-32-27-43(28-33-48)61(7,8)9/h16-39H,1-15H3. The zero-order valence-electron chi connectivity index (χ0n) is 43.2. The van der Waals surface area contributed by atoms with E-state index in [4.69, 9.17) is 4.98 Å². The fraction of sp³-hybridized carbons (Fsp3) is 0.317. The zero-order chi connectivity index (χ0) is 48.5. The van der Waals surface area contributed by atoms with E-state index in [1.807, 2.05) is 0 Å². The minimum absolute atomic E-state index is 0.0180. The predicted octanol–water partition coefficient (Wildman–Crippen LogP) is 15.3. The van der Waals surface area contributed by atoms with Gasteiger partial charge in [0.15, 0.2) is 0 Å². The number of anilines is 6. The molecule has 0 fully saturated rings. The summed E-state index contributed by atoms with van der Waals surface area (Å²) in [6.07, 6.45) is 0. The van der Waals surface area contributed by atoms with Gasteiger partial charge in [-0.15, -0.1) is 0 Å². The number of hydrogen-bond donors (Lipinski definition) is 0. The van der Waals surface area contributed by atoms with Crippen LogP contribution in [0.5, 0.6) is 0 Å². The smallest absolute Gasteiger partial charge is 0.252 e. The van der Waals surface area contributed by atoms with Crippen LogP contribution in [0.15, 0.2) is 146 Å². The first-order chi connectivity index (χ1) is 31.9. The molecule has 2 aliphatic heterocycles. The summed E-state index contributed by atoms with van der Waals surface area (Å²) in [5.41, 5.74) is 21.8. The first-order valence-electron chi connectivity index (χ1n) is 24.7. The van der Waals surface area contributed by atoms with Crippen molar-refractivity contribution in [2.24, 2.45) is 0 Å². The van der Waals surface area contributed by atoms with Gasteiger partial charge in [-0.2, -0.15) is 0 Å². The number of benzene rings is 7. The molecule has 0 amide bonds. The Labute approximate surface area is 407 Å². The third kappa shape index (κ3) is 7.76. The van der Waals surface area contributed by atoms with Crippen molar-refractivity contribution in [2.45, 2.75) is 131 Å². The number of hydrogen-bond acceptors (Lipinski definition) is 3. The second-order valence-electron chi connectivity index (χ2n) is 24.7. The maximum absolute atomic E-state index is 5.62. The maximum atomic E-state index is 5.62. The largest absolute Gasteiger partial charge is 0.311 e. The van der Waals surface area contributed by atoms with Crippen LogP contribution >= 0.6 is 0 Å². The molecule has 3 heterocycles. The Balaban J connectivity index is 1.33. The van der Waals surface area contributed by atoms with Gasteiger partial charge in [-0.25, -0.2) is 4.98 Å². The molecule has 344 valence electrons. The molecule has 1 aromatic heterocycles. The normalized spacial score (nSPS) is 14.0. The lowest BCUT2D eigenvalue weighted by Crippen LogP contribution is -2.61. The van der Waals surface area contributed by atoms with Crippen LogP contribution in [0.3, 0.4) is 0 Å². The zero-order valence-corrected chi connectivity index (χ0v) is 43.2. The number of fused-ring (bicyclic) bond motifs is 5. The van der Waals surface area contributed by atoms with E-state index in [-0.39, 0.29) is 33.8 Å². The van der Waals surface area contributed by atoms with Crippen molar-refractivity contribution in [1.29, 1.82) is 0 Å². The fourth-order valence-corrected chi connectivity index (χ4v) is 10.4. The molecule has 0 atom stereocenters. The summed E-state index contributed by atoms with van der Waals surface area (Å²) in [4.78, 5) is 10.8. The molecule has 0 N–H and O–H groups in total. The molecular weight excluding hydrogens is 824 g/mol. The minimum atomic E-state index is -0.128. The molecule has 0 bridgehead atoms. The highest BCUT2D eigenvalue weighted by atomic mass is 15.2. The highest BCUT2D eigenvalue weighted by Crippen LogP contribution is 2.48. The van der Waals surface area contributed by atoms with E-state index in [1.54, 1.807) is 0 Å². The van der Waals surface area contributed by atoms with Crippen LogP contribution in [-0.4, -0.2) is 16.3 Å². The lowest BCUT2D eigenvalue weighted by Gasteiger charge is -2.45. The average molecular weight is 893 g/mol. The topological polar surface area (TPSA) is 24.3 Å². The molecule has 0 saturated carbocycles. The van der Waals surface area contributed by atoms with Gasteiger partial charge in [0.05, 0.1) is 11.0 Å². The second-order valence-corrected chi connectivity index (χ2v) is 24.7. The Morgan fingerprint density at radius 3 is 1.29 bits per heavy atom. The van der Waals surface area contributed by atoms with Crippen LogP contribution in [0, 0.1) is 0 Å². The van der Waals surface area contributed by atoms with Crippen molar-refractivity contribution in [2.75, 3.05) is 9.80 Å². The van der Waals surface area contributed by atoms with Crippen molar-refractivity contribution < 1.29 is 0 Å². The Bertz CT molecular complexity index is 3210. The summed E-state index contributed by atoms with van der Waals surface area (Å²) < 4.78 is 2.39. The fourth-order valence-electron chi connectivity index (χ4n) is 10.4. The Morgan fingerprint density at radius 1 is 0.368 bits per heavy atom. The Kier molecular flexibility index (Phi) is 10.4. The highest BCUT2D eigenvalue weighted by molar-refractivity contribution is 7.00. The van der Waals surface area contributed by atoms with Crippen molar-refractivity contribution in [3.63, 3.8) is 0 Å². The summed E-state index contributed by atoms with van der Waals surface area (Å²) in [6, 6.07) is 55.8. The van der Waals surface area contributed by atoms with Gasteiger partial charge in [-0.3, -0.25) is 4.57 Å². The summed E-state index contributed by atoms with van der Waals surface area (Å²) in [5.74, 6) is 0.937. The molecule has 68 heavy (non-hydrogen) atoms. The number of para-hydroxylation sites is 1. The van der Waals surface area contributed by atoms with Crippen LogP contribution in [-0.2, 0) is 27.1 Å². The molecule has 2 aliphatic rings. The first-order valence-corrected chi connectivity index (χ1v) is 24.7. The van der Waals surface area contributed by atoms with Gasteiger partial charge in [0.2, 0.25) is 0 Å². The third-order valence-corrected chi connectivity index (χ3v) is 14.6. The van der Waals surface area contributed by atoms with Crippen LogP contribution in [0.25, 0.3) is 28.1 Å². The monoisotopic (exact) mass is 893 g/mol. The summed E-state index contributed by atoms with van der Waals surface area (Å²) in [5, 5.41) is 0. The highest BCUT2D eigenvalue weighted by Gasteiger charge is 2.45. The van der Waals surface area contributed by atoms with Gasteiger partial charge in [0.1, 0.15) is 5.82 Å². The molecule has 0 radical (unpaired) electrons. The lowest BCUT2D eigenvalue weighted by atomic mass is 9.33. The third-order valence-electron chi connectivity index (χ3n) is 14.6. The molecule has 0 unspecified atom stereocenters. The molecule has 4 nitrogen and oxygen atoms in total. The van der Waals surface area contributed by atoms with Crippen LogP contribution in [0.4, 0.5) is 34.1 Å². The number of imidazole rings is 1. The molecule has 10 rings (SSSR count). The van der Waals surface area contributed by atoms with E-state index < -0.39 is 0 Å². The SMILES string of the molecule is CC(C)(C)c1ccc(-c2nc3cc4c(cc3n2-c2ccccc2)B2c3cc(C(C)(C)C)ccc3N(c3ccc(C(C)(C)C)cc3)c3cc(C(C)(C)C)cc(c32)N4c2ccc(C(C)(C)C)cc2)cc1. The van der Waals surface area contributed by atoms with Gasteiger partial charge < -0.3 is 9.80 Å². The number of aromatic nitrogens is 2. The average Bonchev–Trinajstić information content (AvgIpc) is 3.65.